The first kappa shape index (κ1) is 37.6. The predicted molar refractivity (Wildman–Crippen MR) is 193 cm³/mol. The second-order valence-corrected chi connectivity index (χ2v) is 15.9. The normalized spacial score (nSPS) is 28.3. The zero-order chi connectivity index (χ0) is 38.8. The highest BCUT2D eigenvalue weighted by Crippen LogP contribution is 2.65. The Hall–Kier alpha value is -4.70. The van der Waals surface area contributed by atoms with Gasteiger partial charge in [0, 0.05) is 18.5 Å². The van der Waals surface area contributed by atoms with Crippen molar-refractivity contribution in [2.24, 2.45) is 17.3 Å². The van der Waals surface area contributed by atoms with Gasteiger partial charge in [-0.2, -0.15) is 13.2 Å². The van der Waals surface area contributed by atoms with Crippen LogP contribution in [-0.2, 0) is 32.4 Å². The van der Waals surface area contributed by atoms with Gasteiger partial charge in [-0.05, 0) is 80.2 Å². The second-order valence-electron chi connectivity index (χ2n) is 15.9. The maximum atomic E-state index is 14.3. The highest BCUT2D eigenvalue weighted by Gasteiger charge is 2.68. The average Bonchev–Trinajstić information content (AvgIpc) is 3.64. The Kier molecular flexibility index (Phi) is 9.44. The van der Waals surface area contributed by atoms with Gasteiger partial charge in [0.2, 0.25) is 5.91 Å². The van der Waals surface area contributed by atoms with Crippen LogP contribution in [0.25, 0.3) is 0 Å². The number of urea groups is 1. The van der Waals surface area contributed by atoms with E-state index in [0.717, 1.165) is 25.0 Å². The molecule has 3 aromatic rings. The van der Waals surface area contributed by atoms with Gasteiger partial charge in [-0.15, -0.1) is 0 Å². The monoisotopic (exact) mass is 748 g/mol. The maximum Gasteiger partial charge on any atom is 0.481 e. The second kappa shape index (κ2) is 13.6. The molecule has 16 heteroatoms. The summed E-state index contributed by atoms with van der Waals surface area (Å²) in [7, 11) is -0.723. The van der Waals surface area contributed by atoms with E-state index in [1.54, 1.807) is 37.3 Å². The van der Waals surface area contributed by atoms with Gasteiger partial charge in [-0.3, -0.25) is 24.3 Å². The summed E-state index contributed by atoms with van der Waals surface area (Å²) in [5, 5.41) is 11.0. The molecule has 5 aliphatic rings. The van der Waals surface area contributed by atoms with Crippen LogP contribution in [0, 0.1) is 17.3 Å². The Labute approximate surface area is 311 Å². The quantitative estimate of drug-likeness (QED) is 0.214. The van der Waals surface area contributed by atoms with E-state index in [1.165, 1.54) is 22.9 Å². The highest BCUT2D eigenvalue weighted by atomic mass is 19.4. The van der Waals surface area contributed by atoms with Crippen molar-refractivity contribution in [3.05, 3.63) is 93.7 Å². The lowest BCUT2D eigenvalue weighted by atomic mass is 9.43. The van der Waals surface area contributed by atoms with Crippen molar-refractivity contribution in [2.75, 3.05) is 5.32 Å². The molecule has 12 nitrogen and oxygen atoms in total. The maximum absolute atomic E-state index is 14.3. The zero-order valence-electron chi connectivity index (χ0n) is 30.8. The van der Waals surface area contributed by atoms with E-state index in [2.05, 4.69) is 47.0 Å². The summed E-state index contributed by atoms with van der Waals surface area (Å²) in [5.74, 6) is -0.852. The van der Waals surface area contributed by atoms with Crippen molar-refractivity contribution in [3.63, 3.8) is 0 Å². The van der Waals surface area contributed by atoms with Crippen LogP contribution in [0.15, 0.2) is 65.6 Å². The van der Waals surface area contributed by atoms with Crippen molar-refractivity contribution in [1.82, 2.24) is 25.5 Å². The number of imide groups is 1. The number of alkyl halides is 3. The van der Waals surface area contributed by atoms with Gasteiger partial charge >= 0.3 is 19.3 Å². The molecule has 0 radical (unpaired) electrons. The molecule has 2 bridgehead atoms. The summed E-state index contributed by atoms with van der Waals surface area (Å²) in [5.41, 5.74) is -2.82. The van der Waals surface area contributed by atoms with Crippen LogP contribution in [0.3, 0.4) is 0 Å². The van der Waals surface area contributed by atoms with Crippen molar-refractivity contribution in [1.29, 1.82) is 0 Å². The highest BCUT2D eigenvalue weighted by molar-refractivity contribution is 6.47. The van der Waals surface area contributed by atoms with E-state index in [4.69, 9.17) is 9.31 Å². The summed E-state index contributed by atoms with van der Waals surface area (Å²) in [6, 6.07) is 10.8. The van der Waals surface area contributed by atoms with Gasteiger partial charge < -0.3 is 25.3 Å². The molecular formula is C38H44BF3N6O6. The van der Waals surface area contributed by atoms with Gasteiger partial charge in [-0.25, -0.2) is 9.78 Å². The summed E-state index contributed by atoms with van der Waals surface area (Å²) in [4.78, 5) is 58.9. The molecule has 286 valence electrons. The van der Waals surface area contributed by atoms with E-state index in [9.17, 15) is 32.3 Å². The molecule has 54 heavy (non-hydrogen) atoms. The van der Waals surface area contributed by atoms with Crippen molar-refractivity contribution >= 4 is 30.7 Å². The van der Waals surface area contributed by atoms with Crippen molar-refractivity contribution in [3.8, 4) is 0 Å². The molecule has 2 aromatic carbocycles. The van der Waals surface area contributed by atoms with E-state index in [1.807, 2.05) is 6.92 Å². The molecule has 2 aliphatic heterocycles. The Morgan fingerprint density at radius 2 is 1.80 bits per heavy atom. The van der Waals surface area contributed by atoms with Gasteiger partial charge in [0.25, 0.3) is 11.5 Å². The Bertz CT molecular complexity index is 2030. The van der Waals surface area contributed by atoms with E-state index in [0.29, 0.717) is 18.3 Å². The number of nitrogens with zero attached hydrogens (tertiary/aromatic N) is 2. The van der Waals surface area contributed by atoms with Crippen molar-refractivity contribution in [2.45, 2.75) is 102 Å². The Balaban J connectivity index is 1.14. The van der Waals surface area contributed by atoms with Crippen LogP contribution in [-0.4, -0.2) is 52.2 Å². The smallest absolute Gasteiger partial charge is 0.404 e. The number of nitrogens with one attached hydrogen (secondary N) is 4. The predicted octanol–water partition coefficient (Wildman–Crippen LogP) is 5.34. The fraction of sp³-hybridized carbons (Fsp3) is 0.500. The third kappa shape index (κ3) is 6.56. The van der Waals surface area contributed by atoms with Crippen LogP contribution < -0.4 is 26.8 Å². The number of benzene rings is 2. The fourth-order valence-corrected chi connectivity index (χ4v) is 8.99. The molecule has 1 saturated heterocycles. The molecule has 3 aliphatic carbocycles. The van der Waals surface area contributed by atoms with Crippen LogP contribution >= 0.6 is 0 Å². The topological polar surface area (TPSA) is 153 Å². The molecule has 1 aromatic heterocycles. The van der Waals surface area contributed by atoms with Crippen LogP contribution in [0.4, 0.5) is 23.7 Å². The molecule has 7 atom stereocenters. The lowest BCUT2D eigenvalue weighted by Gasteiger charge is -2.64. The molecule has 4 amide bonds. The Morgan fingerprint density at radius 1 is 1.06 bits per heavy atom. The van der Waals surface area contributed by atoms with Gasteiger partial charge in [-0.1, -0.05) is 51.1 Å². The minimum absolute atomic E-state index is 0.0570. The number of aromatic nitrogens is 2. The number of halogens is 3. The number of hydrogen-bond acceptors (Lipinski definition) is 8. The summed E-state index contributed by atoms with van der Waals surface area (Å²) >= 11 is 0. The Morgan fingerprint density at radius 3 is 2.48 bits per heavy atom. The molecule has 0 spiro atoms. The minimum atomic E-state index is -4.54. The first-order valence-electron chi connectivity index (χ1n) is 18.3. The number of carbonyl (C=O) groups is 3. The van der Waals surface area contributed by atoms with Gasteiger partial charge in [0.15, 0.2) is 0 Å². The number of fused-ring (bicyclic) bond motifs is 1. The first-order chi connectivity index (χ1) is 25.4. The number of anilines is 1. The molecule has 4 fully saturated rings. The van der Waals surface area contributed by atoms with E-state index in [-0.39, 0.29) is 47.1 Å². The number of hydrogen-bond donors (Lipinski definition) is 4. The lowest BCUT2D eigenvalue weighted by Crippen LogP contribution is -2.65. The molecule has 0 unspecified atom stereocenters. The molecule has 8 rings (SSSR count). The summed E-state index contributed by atoms with van der Waals surface area (Å²) in [6.45, 7) is 9.98. The fourth-order valence-electron chi connectivity index (χ4n) is 8.99. The lowest BCUT2D eigenvalue weighted by molar-refractivity contribution is -0.199. The molecule has 3 saturated carbocycles. The van der Waals surface area contributed by atoms with Crippen LogP contribution in [0.1, 0.15) is 93.7 Å². The average molecular weight is 749 g/mol. The van der Waals surface area contributed by atoms with Crippen molar-refractivity contribution < 1.29 is 36.9 Å². The third-order valence-corrected chi connectivity index (χ3v) is 12.2. The molecule has 3 heterocycles. The largest absolute Gasteiger partial charge is 0.481 e. The zero-order valence-corrected chi connectivity index (χ0v) is 30.8. The van der Waals surface area contributed by atoms with Crippen LogP contribution in [0.5, 0.6) is 0 Å². The molecular weight excluding hydrogens is 704 g/mol. The summed E-state index contributed by atoms with van der Waals surface area (Å²) in [6.07, 6.45) is -1.15. The number of amides is 4. The standard InChI is InChI=1S/C38H44BF3N6O6/c1-6-29(39-53-28-17-24-16-27(35(24,2)3)37(28,5)54-39)45-31(50)26-18-36(4,47-34(52)46-30(49)22-12-8-7-9-13-22)33-44-20-25(32(51)48(26)33)43-19-21-11-10-14-23(15-21)38(40,41)42/h7-15,20,24,26-29,43H,6,16-19H2,1-5H3,(H,45,50)(H2,46,47,49,52)/t24-,26-,27-,28+,29-,36+,37-/m0/s1. The number of rotatable bonds is 9. The van der Waals surface area contributed by atoms with Crippen LogP contribution in [0.2, 0.25) is 0 Å². The first-order valence-corrected chi connectivity index (χ1v) is 18.3. The van der Waals surface area contributed by atoms with E-state index >= 15 is 0 Å². The minimum Gasteiger partial charge on any atom is -0.404 e. The van der Waals surface area contributed by atoms with Gasteiger partial charge in [0.1, 0.15) is 17.6 Å². The van der Waals surface area contributed by atoms with E-state index < -0.39 is 65.4 Å². The third-order valence-electron chi connectivity index (χ3n) is 12.2. The number of carbonyl (C=O) groups excluding carboxylic acids is 3. The van der Waals surface area contributed by atoms with Gasteiger partial charge in [0.05, 0.1) is 34.9 Å². The summed E-state index contributed by atoms with van der Waals surface area (Å²) < 4.78 is 54.4. The molecule has 4 N–H and O–H groups in total. The SMILES string of the molecule is CC[C@H](NC(=O)[C@@H]1C[C@@](C)(NC(=O)NC(=O)c2ccccc2)c2ncc(NCc3cccc(C(F)(F)F)c3)c(=O)n21)B1O[C@@H]2C[C@@H]3C[C@@H](C3(C)C)[C@]2(C)O1.